The highest BCUT2D eigenvalue weighted by atomic mass is 79.9. The van der Waals surface area contributed by atoms with Crippen molar-refractivity contribution in [1.82, 2.24) is 14.9 Å². The molecule has 0 aliphatic heterocycles. The van der Waals surface area contributed by atoms with Crippen molar-refractivity contribution in [3.05, 3.63) is 52.3 Å². The first-order valence-corrected chi connectivity index (χ1v) is 7.96. The van der Waals surface area contributed by atoms with E-state index < -0.39 is 10.0 Å². The molecule has 6 nitrogen and oxygen atoms in total. The summed E-state index contributed by atoms with van der Waals surface area (Å²) in [4.78, 5) is 0.0768. The third-order valence-corrected chi connectivity index (χ3v) is 4.93. The summed E-state index contributed by atoms with van der Waals surface area (Å²) in [5, 5.41) is 16.6. The molecule has 0 aliphatic rings. The highest BCUT2D eigenvalue weighted by molar-refractivity contribution is 9.10. The first-order chi connectivity index (χ1) is 9.53. The van der Waals surface area contributed by atoms with Crippen molar-refractivity contribution in [3.8, 4) is 0 Å². The molecule has 0 saturated carbocycles. The molecule has 106 valence electrons. The van der Waals surface area contributed by atoms with E-state index in [1.807, 2.05) is 0 Å². The molecule has 2 aromatic rings. The predicted octanol–water partition coefficient (Wildman–Crippen LogP) is 1.21. The van der Waals surface area contributed by atoms with Crippen LogP contribution in [0.3, 0.4) is 0 Å². The Morgan fingerprint density at radius 2 is 2.10 bits per heavy atom. The van der Waals surface area contributed by atoms with Gasteiger partial charge in [-0.15, -0.1) is 0 Å². The molecule has 0 fully saturated rings. The number of hydrogen-bond acceptors (Lipinski definition) is 5. The summed E-state index contributed by atoms with van der Waals surface area (Å²) in [6, 6.07) is 8.00. The lowest BCUT2D eigenvalue weighted by atomic mass is 10.2. The number of aromatic nitrogens is 2. The first kappa shape index (κ1) is 15.0. The van der Waals surface area contributed by atoms with Crippen molar-refractivity contribution in [2.24, 2.45) is 0 Å². The van der Waals surface area contributed by atoms with Crippen LogP contribution in [-0.4, -0.2) is 23.7 Å². The first-order valence-electron chi connectivity index (χ1n) is 5.68. The third kappa shape index (κ3) is 3.60. The monoisotopic (exact) mass is 357 g/mol. The van der Waals surface area contributed by atoms with Gasteiger partial charge in [0.2, 0.25) is 10.0 Å². The van der Waals surface area contributed by atoms with Crippen molar-refractivity contribution in [1.29, 1.82) is 0 Å². The van der Waals surface area contributed by atoms with Crippen molar-refractivity contribution < 1.29 is 13.5 Å². The quantitative estimate of drug-likeness (QED) is 0.838. The van der Waals surface area contributed by atoms with Gasteiger partial charge in [0.1, 0.15) is 0 Å². The molecule has 0 saturated heterocycles. The molecule has 0 aliphatic carbocycles. The van der Waals surface area contributed by atoms with Crippen LogP contribution in [0.1, 0.15) is 11.3 Å². The number of rotatable bonds is 5. The zero-order chi connectivity index (χ0) is 14.6. The molecule has 2 rings (SSSR count). The Morgan fingerprint density at radius 3 is 2.75 bits per heavy atom. The standard InChI is InChI=1S/C12H12BrN3O3S/c13-11-4-3-9(8-17)6-12(11)20(18,19)15-7-10-2-1-5-14-16-10/h1-6,15,17H,7-8H2. The minimum Gasteiger partial charge on any atom is -0.392 e. The highest BCUT2D eigenvalue weighted by Crippen LogP contribution is 2.23. The molecule has 0 unspecified atom stereocenters. The zero-order valence-corrected chi connectivity index (χ0v) is 12.7. The normalized spacial score (nSPS) is 11.5. The van der Waals surface area contributed by atoms with E-state index in [9.17, 15) is 8.42 Å². The second-order valence-electron chi connectivity index (χ2n) is 3.96. The van der Waals surface area contributed by atoms with Gasteiger partial charge in [-0.3, -0.25) is 0 Å². The maximum Gasteiger partial charge on any atom is 0.242 e. The van der Waals surface area contributed by atoms with Crippen molar-refractivity contribution in [3.63, 3.8) is 0 Å². The summed E-state index contributed by atoms with van der Waals surface area (Å²) in [5.74, 6) is 0. The molecule has 1 heterocycles. The van der Waals surface area contributed by atoms with E-state index in [2.05, 4.69) is 30.8 Å². The molecule has 0 radical (unpaired) electrons. The zero-order valence-electron chi connectivity index (χ0n) is 10.3. The average molecular weight is 358 g/mol. The van der Waals surface area contributed by atoms with Gasteiger partial charge in [0.05, 0.1) is 23.7 Å². The van der Waals surface area contributed by atoms with Crippen LogP contribution >= 0.6 is 15.9 Å². The summed E-state index contributed by atoms with van der Waals surface area (Å²) in [7, 11) is -3.70. The summed E-state index contributed by atoms with van der Waals surface area (Å²) in [6.45, 7) is -0.175. The number of nitrogens with one attached hydrogen (secondary N) is 1. The summed E-state index contributed by atoms with van der Waals surface area (Å²) in [6.07, 6.45) is 1.51. The Morgan fingerprint density at radius 1 is 1.30 bits per heavy atom. The smallest absolute Gasteiger partial charge is 0.242 e. The Bertz CT molecular complexity index is 692. The lowest BCUT2D eigenvalue weighted by Gasteiger charge is -2.09. The number of hydrogen-bond donors (Lipinski definition) is 2. The SMILES string of the molecule is O=S(=O)(NCc1cccnn1)c1cc(CO)ccc1Br. The van der Waals surface area contributed by atoms with Crippen LogP contribution in [0.4, 0.5) is 0 Å². The number of halogens is 1. The number of nitrogens with zero attached hydrogens (tertiary/aromatic N) is 2. The van der Waals surface area contributed by atoms with E-state index in [1.54, 1.807) is 24.3 Å². The van der Waals surface area contributed by atoms with Crippen LogP contribution in [0.15, 0.2) is 45.9 Å². The van der Waals surface area contributed by atoms with Crippen molar-refractivity contribution in [2.45, 2.75) is 18.0 Å². The minimum absolute atomic E-state index is 0.0476. The number of aliphatic hydroxyl groups excluding tert-OH is 1. The van der Waals surface area contributed by atoms with Gasteiger partial charge < -0.3 is 5.11 Å². The van der Waals surface area contributed by atoms with Crippen LogP contribution in [0, 0.1) is 0 Å². The fourth-order valence-electron chi connectivity index (χ4n) is 1.53. The second-order valence-corrected chi connectivity index (χ2v) is 6.55. The lowest BCUT2D eigenvalue weighted by molar-refractivity contribution is 0.281. The minimum atomic E-state index is -3.70. The Hall–Kier alpha value is -1.35. The molecule has 2 N–H and O–H groups in total. The van der Waals surface area contributed by atoms with Gasteiger partial charge in [-0.05, 0) is 45.8 Å². The summed E-state index contributed by atoms with van der Waals surface area (Å²) in [5.41, 5.74) is 1.04. The van der Waals surface area contributed by atoms with Gasteiger partial charge >= 0.3 is 0 Å². The Labute approximate surface area is 125 Å². The van der Waals surface area contributed by atoms with Gasteiger partial charge in [-0.2, -0.15) is 10.2 Å². The van der Waals surface area contributed by atoms with Gasteiger partial charge in [-0.25, -0.2) is 13.1 Å². The van der Waals surface area contributed by atoms with E-state index >= 15 is 0 Å². The van der Waals surface area contributed by atoms with Gasteiger partial charge in [0, 0.05) is 10.7 Å². The number of sulfonamides is 1. The van der Waals surface area contributed by atoms with Gasteiger partial charge in [0.15, 0.2) is 0 Å². The van der Waals surface area contributed by atoms with E-state index in [4.69, 9.17) is 5.11 Å². The van der Waals surface area contributed by atoms with Crippen LogP contribution in [0.2, 0.25) is 0 Å². The molecular formula is C12H12BrN3O3S. The summed E-state index contributed by atoms with van der Waals surface area (Å²) < 4.78 is 27.3. The molecule has 1 aromatic carbocycles. The topological polar surface area (TPSA) is 92.2 Å². The third-order valence-electron chi connectivity index (χ3n) is 2.54. The lowest BCUT2D eigenvalue weighted by Crippen LogP contribution is -2.24. The van der Waals surface area contributed by atoms with Crippen LogP contribution in [-0.2, 0) is 23.2 Å². The van der Waals surface area contributed by atoms with Crippen LogP contribution in [0.25, 0.3) is 0 Å². The van der Waals surface area contributed by atoms with Crippen molar-refractivity contribution in [2.75, 3.05) is 0 Å². The average Bonchev–Trinajstić information content (AvgIpc) is 2.47. The van der Waals surface area contributed by atoms with Gasteiger partial charge in [-0.1, -0.05) is 6.07 Å². The fraction of sp³-hybridized carbons (Fsp3) is 0.167. The van der Waals surface area contributed by atoms with Gasteiger partial charge in [0.25, 0.3) is 0 Å². The molecular weight excluding hydrogens is 346 g/mol. The molecule has 20 heavy (non-hydrogen) atoms. The maximum atomic E-state index is 12.2. The molecule has 1 aromatic heterocycles. The molecule has 0 spiro atoms. The Balaban J connectivity index is 2.22. The number of benzene rings is 1. The van der Waals surface area contributed by atoms with Crippen LogP contribution in [0.5, 0.6) is 0 Å². The maximum absolute atomic E-state index is 12.2. The molecule has 8 heteroatoms. The van der Waals surface area contributed by atoms with Crippen LogP contribution < -0.4 is 4.72 Å². The second kappa shape index (κ2) is 6.40. The Kier molecular flexibility index (Phi) is 4.81. The molecule has 0 bridgehead atoms. The highest BCUT2D eigenvalue weighted by Gasteiger charge is 2.18. The largest absolute Gasteiger partial charge is 0.392 e. The fourth-order valence-corrected chi connectivity index (χ4v) is 3.54. The summed E-state index contributed by atoms with van der Waals surface area (Å²) >= 11 is 3.19. The molecule has 0 amide bonds. The predicted molar refractivity (Wildman–Crippen MR) is 76.1 cm³/mol. The van der Waals surface area contributed by atoms with E-state index in [-0.39, 0.29) is 18.0 Å². The van der Waals surface area contributed by atoms with Crippen molar-refractivity contribution >= 4 is 26.0 Å². The molecule has 0 atom stereocenters. The van der Waals surface area contributed by atoms with E-state index in [0.717, 1.165) is 0 Å². The van der Waals surface area contributed by atoms with E-state index in [0.29, 0.717) is 15.7 Å². The number of aliphatic hydroxyl groups is 1. The van der Waals surface area contributed by atoms with E-state index in [1.165, 1.54) is 12.3 Å².